The van der Waals surface area contributed by atoms with Crippen LogP contribution in [0.25, 0.3) is 0 Å². The van der Waals surface area contributed by atoms with Gasteiger partial charge in [0.25, 0.3) is 0 Å². The first-order valence-corrected chi connectivity index (χ1v) is 4.68. The zero-order valence-electron chi connectivity index (χ0n) is 8.46. The Morgan fingerprint density at radius 2 is 1.92 bits per heavy atom. The van der Waals surface area contributed by atoms with Crippen LogP contribution in [0, 0.1) is 0 Å². The largest absolute Gasteiger partial charge is 0.348 e. The summed E-state index contributed by atoms with van der Waals surface area (Å²) < 4.78 is 0. The number of hydrogen-bond donors (Lipinski definition) is 0. The van der Waals surface area contributed by atoms with E-state index in [1.54, 1.807) is 0 Å². The van der Waals surface area contributed by atoms with Crippen LogP contribution in [0.5, 0.6) is 0 Å². The fourth-order valence-corrected chi connectivity index (χ4v) is 1.94. The molecule has 13 heavy (non-hydrogen) atoms. The number of rotatable bonds is 0. The van der Waals surface area contributed by atoms with Crippen LogP contribution in [-0.4, -0.2) is 7.05 Å². The van der Waals surface area contributed by atoms with E-state index in [2.05, 4.69) is 50.1 Å². The van der Waals surface area contributed by atoms with Gasteiger partial charge < -0.3 is 4.90 Å². The number of likely N-dealkylation sites (N-methyl/N-ethyl adjacent to an activating group) is 1. The van der Waals surface area contributed by atoms with Gasteiger partial charge in [0.1, 0.15) is 0 Å². The molecule has 1 nitrogen and oxygen atoms in total. The predicted octanol–water partition coefficient (Wildman–Crippen LogP) is 2.97. The molecule has 0 N–H and O–H groups in total. The van der Waals surface area contributed by atoms with Gasteiger partial charge in [-0.3, -0.25) is 0 Å². The molecule has 0 atom stereocenters. The highest BCUT2D eigenvalue weighted by atomic mass is 15.1. The van der Waals surface area contributed by atoms with Gasteiger partial charge >= 0.3 is 0 Å². The maximum Gasteiger partial charge on any atom is 0.0442 e. The number of fused-ring (bicyclic) bond motifs is 1. The van der Waals surface area contributed by atoms with Gasteiger partial charge in [-0.15, -0.1) is 0 Å². The molecular weight excluding hydrogens is 158 g/mol. The first-order chi connectivity index (χ1) is 6.20. The number of para-hydroxylation sites is 1. The lowest BCUT2D eigenvalue weighted by atomic mass is 10.1. The first-order valence-electron chi connectivity index (χ1n) is 4.68. The minimum Gasteiger partial charge on any atom is -0.348 e. The topological polar surface area (TPSA) is 3.24 Å². The van der Waals surface area contributed by atoms with Crippen molar-refractivity contribution in [2.45, 2.75) is 20.3 Å². The molecule has 0 spiro atoms. The van der Waals surface area contributed by atoms with Crippen LogP contribution in [0.1, 0.15) is 19.4 Å². The highest BCUT2D eigenvalue weighted by molar-refractivity contribution is 5.64. The first kappa shape index (κ1) is 8.36. The highest BCUT2D eigenvalue weighted by Gasteiger charge is 2.20. The molecule has 0 amide bonds. The fraction of sp³-hybridized carbons (Fsp3) is 0.333. The summed E-state index contributed by atoms with van der Waals surface area (Å²) in [6.45, 7) is 4.36. The van der Waals surface area contributed by atoms with Crippen molar-refractivity contribution in [3.63, 3.8) is 0 Å². The maximum absolute atomic E-state index is 2.30. The minimum absolute atomic E-state index is 1.09. The average Bonchev–Trinajstić information content (AvgIpc) is 2.45. The monoisotopic (exact) mass is 173 g/mol. The molecule has 1 aliphatic heterocycles. The summed E-state index contributed by atoms with van der Waals surface area (Å²) >= 11 is 0. The van der Waals surface area contributed by atoms with Crippen molar-refractivity contribution in [3.8, 4) is 0 Å². The molecule has 1 aromatic rings. The SMILES string of the molecule is CC(C)=C1Cc2ccccc2N1C. The van der Waals surface area contributed by atoms with Crippen molar-refractivity contribution < 1.29 is 0 Å². The van der Waals surface area contributed by atoms with E-state index in [0.29, 0.717) is 0 Å². The zero-order chi connectivity index (χ0) is 9.42. The van der Waals surface area contributed by atoms with E-state index < -0.39 is 0 Å². The van der Waals surface area contributed by atoms with E-state index in [9.17, 15) is 0 Å². The van der Waals surface area contributed by atoms with Crippen molar-refractivity contribution >= 4 is 5.69 Å². The van der Waals surface area contributed by atoms with E-state index in [1.807, 2.05) is 0 Å². The lowest BCUT2D eigenvalue weighted by Gasteiger charge is -2.15. The van der Waals surface area contributed by atoms with Crippen molar-refractivity contribution in [1.82, 2.24) is 0 Å². The van der Waals surface area contributed by atoms with Crippen LogP contribution in [-0.2, 0) is 6.42 Å². The second-order valence-corrected chi connectivity index (χ2v) is 3.81. The summed E-state index contributed by atoms with van der Waals surface area (Å²) in [6, 6.07) is 8.61. The number of hydrogen-bond acceptors (Lipinski definition) is 1. The predicted molar refractivity (Wildman–Crippen MR) is 56.9 cm³/mol. The minimum atomic E-state index is 1.09. The summed E-state index contributed by atoms with van der Waals surface area (Å²) in [6.07, 6.45) is 1.09. The van der Waals surface area contributed by atoms with Gasteiger partial charge in [0.05, 0.1) is 0 Å². The molecule has 1 aliphatic rings. The molecular formula is C12H15N. The Hall–Kier alpha value is -1.24. The quantitative estimate of drug-likeness (QED) is 0.583. The Labute approximate surface area is 79.7 Å². The van der Waals surface area contributed by atoms with Crippen LogP contribution in [0.15, 0.2) is 35.5 Å². The van der Waals surface area contributed by atoms with Crippen LogP contribution in [0.2, 0.25) is 0 Å². The van der Waals surface area contributed by atoms with E-state index in [0.717, 1.165) is 6.42 Å². The third-order valence-electron chi connectivity index (χ3n) is 2.69. The Morgan fingerprint density at radius 3 is 2.54 bits per heavy atom. The van der Waals surface area contributed by atoms with Crippen LogP contribution < -0.4 is 4.90 Å². The number of nitrogens with zero attached hydrogens (tertiary/aromatic N) is 1. The molecule has 1 heterocycles. The Bertz CT molecular complexity index is 359. The standard InChI is InChI=1S/C12H15N/c1-9(2)12-8-10-6-4-5-7-11(10)13(12)3/h4-7H,8H2,1-3H3. The summed E-state index contributed by atoms with van der Waals surface area (Å²) in [7, 11) is 2.15. The van der Waals surface area contributed by atoms with Gasteiger partial charge in [0.15, 0.2) is 0 Å². The molecule has 0 unspecified atom stereocenters. The zero-order valence-corrected chi connectivity index (χ0v) is 8.46. The normalized spacial score (nSPS) is 14.7. The van der Waals surface area contributed by atoms with E-state index in [1.165, 1.54) is 22.5 Å². The Kier molecular flexibility index (Phi) is 1.87. The second-order valence-electron chi connectivity index (χ2n) is 3.81. The fourth-order valence-electron chi connectivity index (χ4n) is 1.94. The van der Waals surface area contributed by atoms with Gasteiger partial charge in [-0.05, 0) is 25.5 Å². The average molecular weight is 173 g/mol. The molecule has 1 heteroatoms. The molecule has 0 saturated heterocycles. The third-order valence-corrected chi connectivity index (χ3v) is 2.69. The lowest BCUT2D eigenvalue weighted by molar-refractivity contribution is 1.05. The van der Waals surface area contributed by atoms with Gasteiger partial charge in [0.2, 0.25) is 0 Å². The molecule has 0 saturated carbocycles. The molecule has 0 bridgehead atoms. The molecule has 0 fully saturated rings. The summed E-state index contributed by atoms with van der Waals surface area (Å²) in [5.74, 6) is 0. The van der Waals surface area contributed by atoms with E-state index in [4.69, 9.17) is 0 Å². The number of allylic oxidation sites excluding steroid dienone is 2. The molecule has 2 rings (SSSR count). The van der Waals surface area contributed by atoms with Gasteiger partial charge in [-0.2, -0.15) is 0 Å². The van der Waals surface area contributed by atoms with Crippen molar-refractivity contribution in [2.24, 2.45) is 0 Å². The Morgan fingerprint density at radius 1 is 1.23 bits per heavy atom. The van der Waals surface area contributed by atoms with E-state index >= 15 is 0 Å². The third kappa shape index (κ3) is 1.24. The number of anilines is 1. The van der Waals surface area contributed by atoms with Crippen molar-refractivity contribution in [3.05, 3.63) is 41.1 Å². The molecule has 0 radical (unpaired) electrons. The van der Waals surface area contributed by atoms with Gasteiger partial charge in [-0.25, -0.2) is 0 Å². The molecule has 0 aromatic heterocycles. The summed E-state index contributed by atoms with van der Waals surface area (Å²) in [5.41, 5.74) is 5.67. The van der Waals surface area contributed by atoms with Crippen LogP contribution in [0.4, 0.5) is 5.69 Å². The second kappa shape index (κ2) is 2.91. The maximum atomic E-state index is 2.30. The highest BCUT2D eigenvalue weighted by Crippen LogP contribution is 2.33. The molecule has 0 aliphatic carbocycles. The number of benzene rings is 1. The summed E-state index contributed by atoms with van der Waals surface area (Å²) in [5, 5.41) is 0. The van der Waals surface area contributed by atoms with Crippen LogP contribution in [0.3, 0.4) is 0 Å². The molecule has 68 valence electrons. The molecule has 1 aromatic carbocycles. The van der Waals surface area contributed by atoms with Crippen LogP contribution >= 0.6 is 0 Å². The Balaban J connectivity index is 2.50. The van der Waals surface area contributed by atoms with Crippen molar-refractivity contribution in [2.75, 3.05) is 11.9 Å². The van der Waals surface area contributed by atoms with Gasteiger partial charge in [0, 0.05) is 24.9 Å². The smallest absolute Gasteiger partial charge is 0.0442 e. The summed E-state index contributed by atoms with van der Waals surface area (Å²) in [4.78, 5) is 2.30. The van der Waals surface area contributed by atoms with Crippen molar-refractivity contribution in [1.29, 1.82) is 0 Å². The lowest BCUT2D eigenvalue weighted by Crippen LogP contribution is -2.12. The van der Waals surface area contributed by atoms with E-state index in [-0.39, 0.29) is 0 Å². The van der Waals surface area contributed by atoms with Gasteiger partial charge in [-0.1, -0.05) is 23.8 Å².